The topological polar surface area (TPSA) is 29.4 Å². The van der Waals surface area contributed by atoms with E-state index in [1.165, 1.54) is 18.2 Å². The summed E-state index contributed by atoms with van der Waals surface area (Å²) in [4.78, 5) is 9.92. The van der Waals surface area contributed by atoms with Crippen LogP contribution in [0.25, 0.3) is 0 Å². The molecular weight excluding hydrogens is 148 g/mol. The molecule has 0 saturated carbocycles. The zero-order valence-corrected chi connectivity index (χ0v) is 5.80. The van der Waals surface area contributed by atoms with Gasteiger partial charge in [-0.05, 0) is 23.4 Å². The van der Waals surface area contributed by atoms with E-state index in [1.54, 1.807) is 0 Å². The van der Waals surface area contributed by atoms with Gasteiger partial charge in [0.05, 0.1) is 0 Å². The SMILES string of the molecule is [B]c1cc(N=O)ccc1Cl. The van der Waals surface area contributed by atoms with E-state index in [0.717, 1.165) is 0 Å². The van der Waals surface area contributed by atoms with E-state index in [-0.39, 0.29) is 0 Å². The van der Waals surface area contributed by atoms with Gasteiger partial charge in [0.1, 0.15) is 13.5 Å². The maximum Gasteiger partial charge on any atom is 0.116 e. The Morgan fingerprint density at radius 2 is 2.20 bits per heavy atom. The van der Waals surface area contributed by atoms with E-state index in [4.69, 9.17) is 19.4 Å². The van der Waals surface area contributed by atoms with Gasteiger partial charge in [-0.1, -0.05) is 17.1 Å². The van der Waals surface area contributed by atoms with E-state index in [1.807, 2.05) is 0 Å². The smallest absolute Gasteiger partial charge is 0.116 e. The van der Waals surface area contributed by atoms with Crippen LogP contribution in [0.3, 0.4) is 0 Å². The molecule has 0 N–H and O–H groups in total. The van der Waals surface area contributed by atoms with Gasteiger partial charge in [-0.15, -0.1) is 4.91 Å². The minimum atomic E-state index is 0.293. The summed E-state index contributed by atoms with van der Waals surface area (Å²) in [5, 5.41) is 3.12. The highest BCUT2D eigenvalue weighted by Crippen LogP contribution is 2.12. The average molecular weight is 151 g/mol. The third-order valence-corrected chi connectivity index (χ3v) is 1.43. The van der Waals surface area contributed by atoms with Gasteiger partial charge in [0.15, 0.2) is 0 Å². The Hall–Kier alpha value is -0.825. The van der Waals surface area contributed by atoms with E-state index in [0.29, 0.717) is 16.2 Å². The van der Waals surface area contributed by atoms with Crippen LogP contribution in [0, 0.1) is 4.91 Å². The normalized spacial score (nSPS) is 9.30. The van der Waals surface area contributed by atoms with Crippen LogP contribution >= 0.6 is 11.6 Å². The Morgan fingerprint density at radius 3 is 2.70 bits per heavy atom. The number of nitroso groups, excluding NO2 is 1. The fourth-order valence-electron chi connectivity index (χ4n) is 0.588. The lowest BCUT2D eigenvalue weighted by Gasteiger charge is -1.95. The van der Waals surface area contributed by atoms with Crippen LogP contribution in [0.1, 0.15) is 0 Å². The van der Waals surface area contributed by atoms with Gasteiger partial charge >= 0.3 is 0 Å². The van der Waals surface area contributed by atoms with E-state index >= 15 is 0 Å². The molecule has 0 aliphatic heterocycles. The molecule has 0 aromatic heterocycles. The summed E-state index contributed by atoms with van der Waals surface area (Å²) in [7, 11) is 5.37. The molecule has 1 rings (SSSR count). The Bertz CT molecular complexity index is 264. The van der Waals surface area contributed by atoms with Crippen LogP contribution in [0.5, 0.6) is 0 Å². The van der Waals surface area contributed by atoms with Crippen LogP contribution in [0.15, 0.2) is 23.4 Å². The molecule has 4 heteroatoms. The van der Waals surface area contributed by atoms with Crippen LogP contribution in [-0.4, -0.2) is 7.85 Å². The number of nitrogens with zero attached hydrogens (tertiary/aromatic N) is 1. The van der Waals surface area contributed by atoms with Gasteiger partial charge < -0.3 is 0 Å². The summed E-state index contributed by atoms with van der Waals surface area (Å²) in [6.07, 6.45) is 0. The molecule has 1 aromatic carbocycles. The molecule has 0 aliphatic rings. The molecule has 0 amide bonds. The van der Waals surface area contributed by atoms with Crippen LogP contribution < -0.4 is 5.46 Å². The van der Waals surface area contributed by atoms with Crippen molar-refractivity contribution in [3.05, 3.63) is 28.1 Å². The molecule has 0 aliphatic carbocycles. The number of benzene rings is 1. The molecule has 10 heavy (non-hydrogen) atoms. The fourth-order valence-corrected chi connectivity index (χ4v) is 0.705. The summed E-state index contributed by atoms with van der Waals surface area (Å²) in [5.41, 5.74) is 0.667. The van der Waals surface area contributed by atoms with Crippen LogP contribution in [0.2, 0.25) is 5.02 Å². The molecule has 0 unspecified atom stereocenters. The first kappa shape index (κ1) is 7.28. The van der Waals surface area contributed by atoms with Gasteiger partial charge in [0, 0.05) is 5.02 Å². The molecule has 0 heterocycles. The van der Waals surface area contributed by atoms with E-state index in [9.17, 15) is 4.91 Å². The molecule has 2 nitrogen and oxygen atoms in total. The lowest BCUT2D eigenvalue weighted by atomic mass is 9.96. The highest BCUT2D eigenvalue weighted by Gasteiger charge is 1.94. The number of hydrogen-bond donors (Lipinski definition) is 0. The highest BCUT2D eigenvalue weighted by atomic mass is 35.5. The maximum atomic E-state index is 9.92. The number of rotatable bonds is 1. The van der Waals surface area contributed by atoms with Crippen molar-refractivity contribution in [2.45, 2.75) is 0 Å². The van der Waals surface area contributed by atoms with Crippen molar-refractivity contribution in [3.63, 3.8) is 0 Å². The lowest BCUT2D eigenvalue weighted by molar-refractivity contribution is 1.51. The van der Waals surface area contributed by atoms with Crippen molar-refractivity contribution in [2.24, 2.45) is 5.18 Å². The summed E-state index contributed by atoms with van der Waals surface area (Å²) >= 11 is 5.57. The standard InChI is InChI=1S/C6H3BClNO/c7-5-3-4(9-10)1-2-6(5)8/h1-3H. The molecule has 0 fully saturated rings. The predicted octanol–water partition coefficient (Wildman–Crippen LogP) is 1.53. The Morgan fingerprint density at radius 1 is 1.50 bits per heavy atom. The number of hydrogen-bond acceptors (Lipinski definition) is 2. The first-order chi connectivity index (χ1) is 4.74. The second-order valence-corrected chi connectivity index (χ2v) is 2.20. The Labute approximate surface area is 64.6 Å². The van der Waals surface area contributed by atoms with Crippen molar-refractivity contribution < 1.29 is 0 Å². The van der Waals surface area contributed by atoms with E-state index < -0.39 is 0 Å². The summed E-state index contributed by atoms with van der Waals surface area (Å²) < 4.78 is 0. The van der Waals surface area contributed by atoms with Crippen LogP contribution in [-0.2, 0) is 0 Å². The molecule has 0 atom stereocenters. The van der Waals surface area contributed by atoms with Gasteiger partial charge in [-0.2, -0.15) is 0 Å². The Kier molecular flexibility index (Phi) is 2.07. The van der Waals surface area contributed by atoms with Gasteiger partial charge in [0.2, 0.25) is 0 Å². The molecule has 0 saturated heterocycles. The van der Waals surface area contributed by atoms with Crippen molar-refractivity contribution in [1.82, 2.24) is 0 Å². The third-order valence-electron chi connectivity index (χ3n) is 1.08. The average Bonchev–Trinajstić information content (AvgIpc) is 1.95. The van der Waals surface area contributed by atoms with Gasteiger partial charge in [-0.25, -0.2) is 0 Å². The van der Waals surface area contributed by atoms with Gasteiger partial charge in [0.25, 0.3) is 0 Å². The summed E-state index contributed by atoms with van der Waals surface area (Å²) in [6, 6.07) is 4.47. The first-order valence-electron chi connectivity index (χ1n) is 2.62. The lowest BCUT2D eigenvalue weighted by Crippen LogP contribution is -2.01. The van der Waals surface area contributed by atoms with Crippen LogP contribution in [0.4, 0.5) is 5.69 Å². The second-order valence-electron chi connectivity index (χ2n) is 1.80. The minimum Gasteiger partial charge on any atom is -0.145 e. The molecular formula is C6H3BClNO. The summed E-state index contributed by atoms with van der Waals surface area (Å²) in [5.74, 6) is 0. The molecule has 0 bridgehead atoms. The largest absolute Gasteiger partial charge is 0.145 e. The number of halogens is 1. The van der Waals surface area contributed by atoms with Crippen molar-refractivity contribution in [2.75, 3.05) is 0 Å². The monoisotopic (exact) mass is 151 g/mol. The Balaban J connectivity index is 3.16. The van der Waals surface area contributed by atoms with Gasteiger partial charge in [-0.3, -0.25) is 0 Å². The first-order valence-corrected chi connectivity index (χ1v) is 3.00. The highest BCUT2D eigenvalue weighted by molar-refractivity contribution is 6.45. The zero-order chi connectivity index (χ0) is 7.56. The minimum absolute atomic E-state index is 0.293. The fraction of sp³-hybridized carbons (Fsp3) is 0. The quantitative estimate of drug-likeness (QED) is 0.442. The molecule has 48 valence electrons. The van der Waals surface area contributed by atoms with E-state index in [2.05, 4.69) is 5.18 Å². The van der Waals surface area contributed by atoms with Crippen molar-refractivity contribution in [3.8, 4) is 0 Å². The second kappa shape index (κ2) is 2.84. The molecule has 0 spiro atoms. The predicted molar refractivity (Wildman–Crippen MR) is 42.3 cm³/mol. The maximum absolute atomic E-state index is 9.92. The van der Waals surface area contributed by atoms with Crippen molar-refractivity contribution in [1.29, 1.82) is 0 Å². The molecule has 2 radical (unpaired) electrons. The summed E-state index contributed by atoms with van der Waals surface area (Å²) in [6.45, 7) is 0. The molecule has 1 aromatic rings. The third kappa shape index (κ3) is 1.36. The zero-order valence-electron chi connectivity index (χ0n) is 5.04. The van der Waals surface area contributed by atoms with Crippen molar-refractivity contribution >= 4 is 30.6 Å².